The number of aromatic nitrogens is 3. The van der Waals surface area contributed by atoms with Gasteiger partial charge in [0.15, 0.2) is 5.82 Å². The molecule has 1 atom stereocenters. The van der Waals surface area contributed by atoms with Crippen molar-refractivity contribution in [1.82, 2.24) is 20.1 Å². The van der Waals surface area contributed by atoms with Crippen molar-refractivity contribution in [3.05, 3.63) is 11.6 Å². The van der Waals surface area contributed by atoms with E-state index in [0.717, 1.165) is 37.6 Å². The molecule has 1 aromatic rings. The number of nitrogens with zero attached hydrogens (tertiary/aromatic N) is 3. The van der Waals surface area contributed by atoms with Crippen LogP contribution in [-0.4, -0.2) is 27.4 Å². The van der Waals surface area contributed by atoms with Gasteiger partial charge in [0.25, 0.3) is 0 Å². The Balaban J connectivity index is 2.30. The average molecular weight is 266 g/mol. The van der Waals surface area contributed by atoms with Gasteiger partial charge in [0.05, 0.1) is 6.54 Å². The quantitative estimate of drug-likeness (QED) is 0.662. The Morgan fingerprint density at radius 2 is 1.95 bits per heavy atom. The Hall–Kier alpha value is -0.900. The van der Waals surface area contributed by atoms with Gasteiger partial charge in [0.2, 0.25) is 0 Å². The zero-order valence-corrected chi connectivity index (χ0v) is 13.1. The third kappa shape index (κ3) is 5.72. The van der Waals surface area contributed by atoms with Crippen LogP contribution < -0.4 is 5.32 Å². The monoisotopic (exact) mass is 266 g/mol. The predicted molar refractivity (Wildman–Crippen MR) is 80.4 cm³/mol. The van der Waals surface area contributed by atoms with Crippen LogP contribution in [0.15, 0.2) is 0 Å². The first-order valence-electron chi connectivity index (χ1n) is 7.87. The van der Waals surface area contributed by atoms with Crippen molar-refractivity contribution in [1.29, 1.82) is 0 Å². The second-order valence-corrected chi connectivity index (χ2v) is 5.23. The first-order valence-corrected chi connectivity index (χ1v) is 7.87. The highest BCUT2D eigenvalue weighted by Crippen LogP contribution is 2.03. The summed E-state index contributed by atoms with van der Waals surface area (Å²) < 4.78 is 2.06. The van der Waals surface area contributed by atoms with E-state index in [4.69, 9.17) is 0 Å². The van der Waals surface area contributed by atoms with Crippen LogP contribution in [0.5, 0.6) is 0 Å². The third-order valence-electron chi connectivity index (χ3n) is 3.48. The molecule has 0 bridgehead atoms. The maximum absolute atomic E-state index is 4.54. The maximum Gasteiger partial charge on any atom is 0.150 e. The predicted octanol–water partition coefficient (Wildman–Crippen LogP) is 2.96. The van der Waals surface area contributed by atoms with E-state index in [1.54, 1.807) is 0 Å². The fourth-order valence-corrected chi connectivity index (χ4v) is 2.24. The normalized spacial score (nSPS) is 12.8. The van der Waals surface area contributed by atoms with Gasteiger partial charge < -0.3 is 5.32 Å². The van der Waals surface area contributed by atoms with Gasteiger partial charge in [0, 0.05) is 25.4 Å². The van der Waals surface area contributed by atoms with Crippen molar-refractivity contribution in [3.63, 3.8) is 0 Å². The summed E-state index contributed by atoms with van der Waals surface area (Å²) in [6, 6.07) is 0.603. The molecular weight excluding hydrogens is 236 g/mol. The van der Waals surface area contributed by atoms with Gasteiger partial charge in [-0.25, -0.2) is 9.67 Å². The standard InChI is InChI=1S/C15H30N4/c1-5-8-9-10-13(4)16-11-12-19-15(7-3)17-14(6-2)18-19/h13,16H,5-12H2,1-4H3. The smallest absolute Gasteiger partial charge is 0.150 e. The van der Waals surface area contributed by atoms with Crippen LogP contribution in [0.25, 0.3) is 0 Å². The molecule has 0 spiro atoms. The van der Waals surface area contributed by atoms with Crippen molar-refractivity contribution < 1.29 is 0 Å². The molecule has 0 aromatic carbocycles. The lowest BCUT2D eigenvalue weighted by Gasteiger charge is -2.13. The lowest BCUT2D eigenvalue weighted by atomic mass is 10.1. The molecule has 1 N–H and O–H groups in total. The van der Waals surface area contributed by atoms with Crippen LogP contribution in [-0.2, 0) is 19.4 Å². The highest BCUT2D eigenvalue weighted by Gasteiger charge is 2.07. The fourth-order valence-electron chi connectivity index (χ4n) is 2.24. The summed E-state index contributed by atoms with van der Waals surface area (Å²) in [5, 5.41) is 8.12. The van der Waals surface area contributed by atoms with E-state index in [2.05, 4.69) is 47.8 Å². The molecule has 0 saturated carbocycles. The summed E-state index contributed by atoms with van der Waals surface area (Å²) in [6.45, 7) is 10.7. The second-order valence-electron chi connectivity index (χ2n) is 5.23. The van der Waals surface area contributed by atoms with Gasteiger partial charge >= 0.3 is 0 Å². The summed E-state index contributed by atoms with van der Waals surface area (Å²) in [5.74, 6) is 2.07. The van der Waals surface area contributed by atoms with E-state index in [1.165, 1.54) is 25.7 Å². The van der Waals surface area contributed by atoms with Gasteiger partial charge in [-0.2, -0.15) is 5.10 Å². The van der Waals surface area contributed by atoms with E-state index in [-0.39, 0.29) is 0 Å². The van der Waals surface area contributed by atoms with Crippen LogP contribution in [0.3, 0.4) is 0 Å². The molecular formula is C15H30N4. The zero-order valence-electron chi connectivity index (χ0n) is 13.1. The highest BCUT2D eigenvalue weighted by atomic mass is 15.3. The Kier molecular flexibility index (Phi) is 7.72. The lowest BCUT2D eigenvalue weighted by Crippen LogP contribution is -2.30. The number of hydrogen-bond acceptors (Lipinski definition) is 3. The summed E-state index contributed by atoms with van der Waals surface area (Å²) in [6.07, 6.45) is 7.11. The van der Waals surface area contributed by atoms with E-state index in [1.807, 2.05) is 0 Å². The summed E-state index contributed by atoms with van der Waals surface area (Å²) in [5.41, 5.74) is 0. The molecule has 0 fully saturated rings. The first-order chi connectivity index (χ1) is 9.21. The molecule has 1 heterocycles. The van der Waals surface area contributed by atoms with Gasteiger partial charge in [-0.3, -0.25) is 0 Å². The van der Waals surface area contributed by atoms with Gasteiger partial charge in [-0.1, -0.05) is 40.0 Å². The number of aryl methyl sites for hydroxylation is 2. The molecule has 4 nitrogen and oxygen atoms in total. The van der Waals surface area contributed by atoms with Gasteiger partial charge in [-0.15, -0.1) is 0 Å². The van der Waals surface area contributed by atoms with Crippen molar-refractivity contribution in [2.75, 3.05) is 6.54 Å². The minimum Gasteiger partial charge on any atom is -0.312 e. The van der Waals surface area contributed by atoms with E-state index < -0.39 is 0 Å². The maximum atomic E-state index is 4.54. The van der Waals surface area contributed by atoms with Gasteiger partial charge in [0.1, 0.15) is 5.82 Å². The van der Waals surface area contributed by atoms with Gasteiger partial charge in [-0.05, 0) is 13.3 Å². The molecule has 0 aliphatic carbocycles. The summed E-state index contributed by atoms with van der Waals surface area (Å²) in [4.78, 5) is 4.53. The summed E-state index contributed by atoms with van der Waals surface area (Å²) in [7, 11) is 0. The Labute approximate surface area is 118 Å². The molecule has 1 rings (SSSR count). The first kappa shape index (κ1) is 16.2. The van der Waals surface area contributed by atoms with E-state index in [9.17, 15) is 0 Å². The van der Waals surface area contributed by atoms with Crippen LogP contribution >= 0.6 is 0 Å². The molecule has 110 valence electrons. The number of rotatable bonds is 10. The molecule has 0 aliphatic heterocycles. The average Bonchev–Trinajstić information content (AvgIpc) is 2.81. The Morgan fingerprint density at radius 1 is 1.16 bits per heavy atom. The summed E-state index contributed by atoms with van der Waals surface area (Å²) >= 11 is 0. The molecule has 4 heteroatoms. The SMILES string of the molecule is CCCCCC(C)NCCn1nc(CC)nc1CC. The van der Waals surface area contributed by atoms with E-state index >= 15 is 0 Å². The number of hydrogen-bond donors (Lipinski definition) is 1. The molecule has 1 unspecified atom stereocenters. The zero-order chi connectivity index (χ0) is 14.1. The third-order valence-corrected chi connectivity index (χ3v) is 3.48. The van der Waals surface area contributed by atoms with Crippen LogP contribution in [0.2, 0.25) is 0 Å². The minimum atomic E-state index is 0.603. The molecule has 0 radical (unpaired) electrons. The van der Waals surface area contributed by atoms with Crippen molar-refractivity contribution in [2.45, 2.75) is 78.8 Å². The Bertz CT molecular complexity index is 346. The second kappa shape index (κ2) is 9.08. The van der Waals surface area contributed by atoms with Crippen LogP contribution in [0, 0.1) is 0 Å². The molecule has 0 saturated heterocycles. The molecule has 0 aliphatic rings. The molecule has 19 heavy (non-hydrogen) atoms. The largest absolute Gasteiger partial charge is 0.312 e. The highest BCUT2D eigenvalue weighted by molar-refractivity contribution is 4.92. The van der Waals surface area contributed by atoms with Crippen molar-refractivity contribution in [3.8, 4) is 0 Å². The number of unbranched alkanes of at least 4 members (excludes halogenated alkanes) is 2. The number of nitrogens with one attached hydrogen (secondary N) is 1. The Morgan fingerprint density at radius 3 is 2.58 bits per heavy atom. The van der Waals surface area contributed by atoms with Crippen LogP contribution in [0.1, 0.15) is 65.0 Å². The van der Waals surface area contributed by atoms with Crippen molar-refractivity contribution in [2.24, 2.45) is 0 Å². The topological polar surface area (TPSA) is 42.7 Å². The fraction of sp³-hybridized carbons (Fsp3) is 0.867. The lowest BCUT2D eigenvalue weighted by molar-refractivity contribution is 0.453. The van der Waals surface area contributed by atoms with Crippen LogP contribution in [0.4, 0.5) is 0 Å². The van der Waals surface area contributed by atoms with E-state index in [0.29, 0.717) is 6.04 Å². The molecule has 0 amide bonds. The van der Waals surface area contributed by atoms with Crippen molar-refractivity contribution >= 4 is 0 Å². The molecule has 1 aromatic heterocycles. The minimum absolute atomic E-state index is 0.603.